The highest BCUT2D eigenvalue weighted by Gasteiger charge is 2.29. The number of anilines is 1. The monoisotopic (exact) mass is 368 g/mol. The third-order valence-corrected chi connectivity index (χ3v) is 5.72. The molecule has 7 nitrogen and oxygen atoms in total. The first-order valence-electron chi connectivity index (χ1n) is 10.1. The van der Waals surface area contributed by atoms with Gasteiger partial charge in [0.15, 0.2) is 0 Å². The summed E-state index contributed by atoms with van der Waals surface area (Å²) in [5, 5.41) is 3.24. The minimum atomic E-state index is -0.138. The number of piperidine rings is 1. The summed E-state index contributed by atoms with van der Waals surface area (Å²) in [5.41, 5.74) is 0.293. The molecule has 0 atom stereocenters. The van der Waals surface area contributed by atoms with Crippen LogP contribution in [0.25, 0.3) is 5.95 Å². The fourth-order valence-corrected chi connectivity index (χ4v) is 4.11. The average Bonchev–Trinajstić information content (AvgIpc) is 3.23. The van der Waals surface area contributed by atoms with Crippen LogP contribution in [0.3, 0.4) is 0 Å². The second-order valence-electron chi connectivity index (χ2n) is 8.00. The van der Waals surface area contributed by atoms with Crippen LogP contribution in [0.5, 0.6) is 0 Å². The molecule has 2 aliphatic rings. The van der Waals surface area contributed by atoms with E-state index in [9.17, 15) is 4.79 Å². The summed E-state index contributed by atoms with van der Waals surface area (Å²) in [5.74, 6) is 1.21. The maximum absolute atomic E-state index is 13.0. The topological polar surface area (TPSA) is 75.9 Å². The number of amides is 1. The molecule has 1 N–H and O–H groups in total. The van der Waals surface area contributed by atoms with Crippen molar-refractivity contribution in [3.8, 4) is 5.95 Å². The second-order valence-corrected chi connectivity index (χ2v) is 8.00. The summed E-state index contributed by atoms with van der Waals surface area (Å²) < 4.78 is 1.76. The van der Waals surface area contributed by atoms with Crippen molar-refractivity contribution < 1.29 is 4.79 Å². The summed E-state index contributed by atoms with van der Waals surface area (Å²) in [6.07, 6.45) is 14.4. The number of nitrogens with one attached hydrogen (secondary N) is 1. The highest BCUT2D eigenvalue weighted by atomic mass is 16.2. The third-order valence-electron chi connectivity index (χ3n) is 5.72. The van der Waals surface area contributed by atoms with E-state index in [1.165, 1.54) is 25.7 Å². The lowest BCUT2D eigenvalue weighted by Gasteiger charge is -2.34. The Morgan fingerprint density at radius 3 is 2.52 bits per heavy atom. The Labute approximate surface area is 160 Å². The quantitative estimate of drug-likeness (QED) is 0.897. The van der Waals surface area contributed by atoms with Gasteiger partial charge in [-0.1, -0.05) is 19.3 Å². The summed E-state index contributed by atoms with van der Waals surface area (Å²) >= 11 is 0. The van der Waals surface area contributed by atoms with Gasteiger partial charge in [-0.15, -0.1) is 0 Å². The Morgan fingerprint density at radius 2 is 1.81 bits per heavy atom. The highest BCUT2D eigenvalue weighted by Crippen LogP contribution is 2.28. The molecule has 1 aliphatic heterocycles. The average molecular weight is 368 g/mol. The van der Waals surface area contributed by atoms with E-state index in [2.05, 4.69) is 27.1 Å². The zero-order chi connectivity index (χ0) is 18.7. The van der Waals surface area contributed by atoms with Crippen LogP contribution in [0.1, 0.15) is 68.8 Å². The lowest BCUT2D eigenvalue weighted by Crippen LogP contribution is -2.47. The first kappa shape index (κ1) is 17.9. The largest absolute Gasteiger partial charge is 0.356 e. The van der Waals surface area contributed by atoms with Gasteiger partial charge in [0, 0.05) is 37.1 Å². The molecule has 2 fully saturated rings. The van der Waals surface area contributed by atoms with E-state index < -0.39 is 0 Å². The van der Waals surface area contributed by atoms with E-state index in [0.29, 0.717) is 11.6 Å². The van der Waals surface area contributed by atoms with Crippen molar-refractivity contribution in [1.82, 2.24) is 24.8 Å². The fraction of sp³-hybridized carbons (Fsp3) is 0.600. The predicted octanol–water partition coefficient (Wildman–Crippen LogP) is 3.11. The molecule has 2 aromatic rings. The number of hydrogen-bond acceptors (Lipinski definition) is 5. The highest BCUT2D eigenvalue weighted by molar-refractivity contribution is 5.93. The molecular formula is C20H28N6O. The number of rotatable bonds is 4. The molecule has 144 valence electrons. The molecule has 4 rings (SSSR count). The lowest BCUT2D eigenvalue weighted by atomic mass is 9.83. The van der Waals surface area contributed by atoms with E-state index in [1.54, 1.807) is 23.3 Å². The van der Waals surface area contributed by atoms with Crippen LogP contribution in [0.4, 0.5) is 5.82 Å². The SMILES string of the molecule is CC1(NC(=O)c2cc(N3CCCCC3)nc(-n3ccnc3)n2)CCCCC1. The Bertz CT molecular complexity index is 776. The summed E-state index contributed by atoms with van der Waals surface area (Å²) in [4.78, 5) is 28.6. The molecule has 0 radical (unpaired) electrons. The Hall–Kier alpha value is -2.44. The molecule has 1 amide bonds. The van der Waals surface area contributed by atoms with Crippen LogP contribution in [-0.4, -0.2) is 44.1 Å². The Morgan fingerprint density at radius 1 is 1.07 bits per heavy atom. The molecule has 1 aliphatic carbocycles. The molecule has 1 saturated carbocycles. The number of nitrogens with zero attached hydrogens (tertiary/aromatic N) is 5. The summed E-state index contributed by atoms with van der Waals surface area (Å²) in [7, 11) is 0. The van der Waals surface area contributed by atoms with Gasteiger partial charge in [-0.3, -0.25) is 9.36 Å². The van der Waals surface area contributed by atoms with Gasteiger partial charge in [-0.05, 0) is 39.0 Å². The molecule has 0 unspecified atom stereocenters. The minimum Gasteiger partial charge on any atom is -0.356 e. The molecule has 27 heavy (non-hydrogen) atoms. The van der Waals surface area contributed by atoms with Crippen LogP contribution in [0, 0.1) is 0 Å². The van der Waals surface area contributed by atoms with Gasteiger partial charge in [0.25, 0.3) is 5.91 Å². The van der Waals surface area contributed by atoms with Gasteiger partial charge in [-0.2, -0.15) is 4.98 Å². The van der Waals surface area contributed by atoms with Crippen molar-refractivity contribution in [2.24, 2.45) is 0 Å². The number of carbonyl (C=O) groups is 1. The van der Waals surface area contributed by atoms with E-state index in [0.717, 1.165) is 44.6 Å². The smallest absolute Gasteiger partial charge is 0.270 e. The van der Waals surface area contributed by atoms with Crippen molar-refractivity contribution >= 4 is 11.7 Å². The van der Waals surface area contributed by atoms with Crippen molar-refractivity contribution in [1.29, 1.82) is 0 Å². The second kappa shape index (κ2) is 7.66. The van der Waals surface area contributed by atoms with E-state index >= 15 is 0 Å². The molecular weight excluding hydrogens is 340 g/mol. The van der Waals surface area contributed by atoms with Gasteiger partial charge in [0.2, 0.25) is 5.95 Å². The van der Waals surface area contributed by atoms with Gasteiger partial charge in [-0.25, -0.2) is 9.97 Å². The molecule has 1 saturated heterocycles. The van der Waals surface area contributed by atoms with Crippen molar-refractivity contribution in [3.05, 3.63) is 30.5 Å². The number of carbonyl (C=O) groups excluding carboxylic acids is 1. The van der Waals surface area contributed by atoms with Crippen LogP contribution in [0.2, 0.25) is 0 Å². The van der Waals surface area contributed by atoms with Crippen LogP contribution in [0.15, 0.2) is 24.8 Å². The van der Waals surface area contributed by atoms with Gasteiger partial charge >= 0.3 is 0 Å². The van der Waals surface area contributed by atoms with E-state index in [1.807, 2.05) is 6.07 Å². The zero-order valence-electron chi connectivity index (χ0n) is 16.0. The standard InChI is InChI=1S/C20H28N6O/c1-20(8-4-2-5-9-20)24-18(27)16-14-17(25-11-6-3-7-12-25)23-19(22-16)26-13-10-21-15-26/h10,13-15H,2-9,11-12H2,1H3,(H,24,27). The molecule has 2 aromatic heterocycles. The maximum atomic E-state index is 13.0. The minimum absolute atomic E-state index is 0.110. The maximum Gasteiger partial charge on any atom is 0.270 e. The number of hydrogen-bond donors (Lipinski definition) is 1. The van der Waals surface area contributed by atoms with Gasteiger partial charge in [0.1, 0.15) is 17.8 Å². The Kier molecular flexibility index (Phi) is 5.09. The van der Waals surface area contributed by atoms with Crippen molar-refractivity contribution in [3.63, 3.8) is 0 Å². The van der Waals surface area contributed by atoms with E-state index in [4.69, 9.17) is 4.98 Å². The summed E-state index contributed by atoms with van der Waals surface area (Å²) in [6, 6.07) is 1.84. The molecule has 0 aromatic carbocycles. The van der Waals surface area contributed by atoms with Crippen LogP contribution >= 0.6 is 0 Å². The first-order chi connectivity index (χ1) is 13.1. The zero-order valence-corrected chi connectivity index (χ0v) is 16.0. The number of imidazole rings is 1. The van der Waals surface area contributed by atoms with Crippen LogP contribution in [-0.2, 0) is 0 Å². The molecule has 3 heterocycles. The molecule has 0 spiro atoms. The van der Waals surface area contributed by atoms with Gasteiger partial charge < -0.3 is 10.2 Å². The normalized spacial score (nSPS) is 19.7. The first-order valence-corrected chi connectivity index (χ1v) is 10.1. The van der Waals surface area contributed by atoms with Gasteiger partial charge in [0.05, 0.1) is 0 Å². The van der Waals surface area contributed by atoms with Crippen LogP contribution < -0.4 is 10.2 Å². The van der Waals surface area contributed by atoms with Crippen molar-refractivity contribution in [2.45, 2.75) is 63.8 Å². The predicted molar refractivity (Wildman–Crippen MR) is 104 cm³/mol. The fourth-order valence-electron chi connectivity index (χ4n) is 4.11. The summed E-state index contributed by atoms with van der Waals surface area (Å²) in [6.45, 7) is 4.09. The van der Waals surface area contributed by atoms with Crippen molar-refractivity contribution in [2.75, 3.05) is 18.0 Å². The lowest BCUT2D eigenvalue weighted by molar-refractivity contribution is 0.0877. The van der Waals surface area contributed by atoms with E-state index in [-0.39, 0.29) is 11.4 Å². The number of aromatic nitrogens is 4. The molecule has 0 bridgehead atoms. The third kappa shape index (κ3) is 4.12. The Balaban J connectivity index is 1.64. The molecule has 7 heteroatoms.